The van der Waals surface area contributed by atoms with Crippen LogP contribution in [0.1, 0.15) is 0 Å². The number of hydrogen-bond donors (Lipinski definition) is 5. The van der Waals surface area contributed by atoms with Crippen molar-refractivity contribution in [2.75, 3.05) is 58.9 Å². The first-order valence-corrected chi connectivity index (χ1v) is 5.96. The topological polar surface area (TPSA) is 117 Å². The predicted octanol–water partition coefficient (Wildman–Crippen LogP) is -2.53. The molecule has 7 nitrogen and oxygen atoms in total. The third kappa shape index (κ3) is 11.5. The van der Waals surface area contributed by atoms with Crippen molar-refractivity contribution in [3.05, 3.63) is 0 Å². The molecule has 0 heterocycles. The average Bonchev–Trinajstić information content (AvgIpc) is 2.28. The Bertz CT molecular complexity index is 186. The summed E-state index contributed by atoms with van der Waals surface area (Å²) in [6.45, 7) is 6.18. The zero-order chi connectivity index (χ0) is 12.9. The van der Waals surface area contributed by atoms with E-state index < -0.39 is 5.97 Å². The number of carbonyl (C=O) groups is 1. The monoisotopic (exact) mass is 247 g/mol. The molecule has 0 aliphatic carbocycles. The van der Waals surface area contributed by atoms with Crippen LogP contribution < -0.4 is 22.1 Å². The molecule has 0 spiro atoms. The first-order chi connectivity index (χ1) is 8.20. The van der Waals surface area contributed by atoms with E-state index >= 15 is 0 Å². The average molecular weight is 247 g/mol. The molecule has 102 valence electrons. The molecule has 7 N–H and O–H groups in total. The van der Waals surface area contributed by atoms with Crippen molar-refractivity contribution >= 4 is 5.97 Å². The Labute approximate surface area is 103 Å². The van der Waals surface area contributed by atoms with Gasteiger partial charge in [0, 0.05) is 52.4 Å². The number of nitrogens with two attached hydrogens (primary N) is 2. The molecular formula is C10H25N5O2. The number of nitrogens with zero attached hydrogens (tertiary/aromatic N) is 1. The molecule has 0 atom stereocenters. The molecule has 0 radical (unpaired) electrons. The highest BCUT2D eigenvalue weighted by molar-refractivity contribution is 5.68. The van der Waals surface area contributed by atoms with Crippen LogP contribution in [0.25, 0.3) is 0 Å². The van der Waals surface area contributed by atoms with Gasteiger partial charge in [-0.25, -0.2) is 0 Å². The van der Waals surface area contributed by atoms with E-state index in [4.69, 9.17) is 16.6 Å². The summed E-state index contributed by atoms with van der Waals surface area (Å²) in [6.07, 6.45) is 0. The lowest BCUT2D eigenvalue weighted by Crippen LogP contribution is -2.40. The molecule has 17 heavy (non-hydrogen) atoms. The van der Waals surface area contributed by atoms with Gasteiger partial charge in [0.1, 0.15) is 0 Å². The van der Waals surface area contributed by atoms with Crippen molar-refractivity contribution < 1.29 is 9.90 Å². The summed E-state index contributed by atoms with van der Waals surface area (Å²) in [5.41, 5.74) is 11.0. The van der Waals surface area contributed by atoms with E-state index in [9.17, 15) is 4.79 Å². The lowest BCUT2D eigenvalue weighted by atomic mass is 10.4. The normalized spacial score (nSPS) is 11.0. The summed E-state index contributed by atoms with van der Waals surface area (Å²) in [6, 6.07) is 0. The van der Waals surface area contributed by atoms with Crippen LogP contribution in [0.15, 0.2) is 0 Å². The van der Waals surface area contributed by atoms with Crippen molar-refractivity contribution in [2.45, 2.75) is 0 Å². The fraction of sp³-hybridized carbons (Fsp3) is 0.900. The third-order valence-electron chi connectivity index (χ3n) is 2.25. The third-order valence-corrected chi connectivity index (χ3v) is 2.25. The van der Waals surface area contributed by atoms with Gasteiger partial charge in [0.25, 0.3) is 0 Å². The van der Waals surface area contributed by atoms with Gasteiger partial charge in [-0.2, -0.15) is 0 Å². The fourth-order valence-corrected chi connectivity index (χ4v) is 1.43. The molecule has 0 aromatic carbocycles. The number of nitrogens with one attached hydrogen (secondary N) is 2. The molecule has 0 saturated carbocycles. The smallest absolute Gasteiger partial charge is 0.317 e. The largest absolute Gasteiger partial charge is 0.480 e. The van der Waals surface area contributed by atoms with Gasteiger partial charge in [0.2, 0.25) is 0 Å². The Kier molecular flexibility index (Phi) is 11.2. The maximum absolute atomic E-state index is 10.2. The number of carboxylic acid groups (broad SMARTS) is 1. The molecule has 0 rings (SSSR count). The van der Waals surface area contributed by atoms with Crippen LogP contribution in [0.4, 0.5) is 0 Å². The summed E-state index contributed by atoms with van der Waals surface area (Å²) >= 11 is 0. The second kappa shape index (κ2) is 11.7. The van der Waals surface area contributed by atoms with Crippen LogP contribution >= 0.6 is 0 Å². The van der Waals surface area contributed by atoms with Crippen LogP contribution in [0.5, 0.6) is 0 Å². The van der Waals surface area contributed by atoms with Crippen LogP contribution in [-0.4, -0.2) is 74.9 Å². The molecular weight excluding hydrogens is 222 g/mol. The van der Waals surface area contributed by atoms with E-state index in [-0.39, 0.29) is 6.54 Å². The predicted molar refractivity (Wildman–Crippen MR) is 67.9 cm³/mol. The van der Waals surface area contributed by atoms with Gasteiger partial charge in [-0.3, -0.25) is 9.69 Å². The van der Waals surface area contributed by atoms with Crippen LogP contribution in [-0.2, 0) is 4.79 Å². The van der Waals surface area contributed by atoms with Gasteiger partial charge in [-0.05, 0) is 0 Å². The second-order valence-electron chi connectivity index (χ2n) is 3.74. The zero-order valence-electron chi connectivity index (χ0n) is 10.3. The van der Waals surface area contributed by atoms with Gasteiger partial charge in [-0.15, -0.1) is 0 Å². The first kappa shape index (κ1) is 16.3. The molecule has 0 aromatic heterocycles. The minimum absolute atomic E-state index is 0.00809. The minimum atomic E-state index is -0.831. The van der Waals surface area contributed by atoms with E-state index in [0.29, 0.717) is 19.6 Å². The van der Waals surface area contributed by atoms with Crippen molar-refractivity contribution in [1.29, 1.82) is 0 Å². The highest BCUT2D eigenvalue weighted by Gasteiger charge is 2.01. The maximum Gasteiger partial charge on any atom is 0.317 e. The van der Waals surface area contributed by atoms with Gasteiger partial charge < -0.3 is 27.2 Å². The van der Waals surface area contributed by atoms with Crippen LogP contribution in [0, 0.1) is 0 Å². The molecule has 0 aliphatic heterocycles. The van der Waals surface area contributed by atoms with Crippen molar-refractivity contribution in [1.82, 2.24) is 15.5 Å². The molecule has 0 amide bonds. The van der Waals surface area contributed by atoms with E-state index in [1.807, 2.05) is 0 Å². The fourth-order valence-electron chi connectivity index (χ4n) is 1.43. The van der Waals surface area contributed by atoms with Crippen LogP contribution in [0.3, 0.4) is 0 Å². The second-order valence-corrected chi connectivity index (χ2v) is 3.74. The highest BCUT2D eigenvalue weighted by Crippen LogP contribution is 1.83. The molecule has 0 unspecified atom stereocenters. The van der Waals surface area contributed by atoms with Crippen LogP contribution in [0.2, 0.25) is 0 Å². The van der Waals surface area contributed by atoms with Gasteiger partial charge in [0.15, 0.2) is 0 Å². The zero-order valence-corrected chi connectivity index (χ0v) is 10.3. The maximum atomic E-state index is 10.2. The van der Waals surface area contributed by atoms with Gasteiger partial charge >= 0.3 is 5.97 Å². The van der Waals surface area contributed by atoms with Crippen molar-refractivity contribution in [2.24, 2.45) is 11.5 Å². The Morgan fingerprint density at radius 3 is 2.12 bits per heavy atom. The number of carboxylic acids is 1. The standard InChI is InChI=1S/C10H25N5O2/c11-1-6-15(7-2-12)8-5-13-3-4-14-9-10(16)17/h13-14H,1-9,11-12H2,(H,16,17). The number of rotatable bonds is 12. The van der Waals surface area contributed by atoms with E-state index in [1.165, 1.54) is 0 Å². The van der Waals surface area contributed by atoms with Gasteiger partial charge in [-0.1, -0.05) is 0 Å². The lowest BCUT2D eigenvalue weighted by molar-refractivity contribution is -0.135. The quantitative estimate of drug-likeness (QED) is 0.241. The highest BCUT2D eigenvalue weighted by atomic mass is 16.4. The number of hydrogen-bond acceptors (Lipinski definition) is 6. The Morgan fingerprint density at radius 2 is 1.59 bits per heavy atom. The molecule has 0 fully saturated rings. The van der Waals surface area contributed by atoms with E-state index in [2.05, 4.69) is 15.5 Å². The number of aliphatic carboxylic acids is 1. The SMILES string of the molecule is NCCN(CCN)CCNCCNCC(=O)O. The Hall–Kier alpha value is -0.730. The molecule has 0 aliphatic rings. The van der Waals surface area contributed by atoms with E-state index in [1.54, 1.807) is 0 Å². The minimum Gasteiger partial charge on any atom is -0.480 e. The van der Waals surface area contributed by atoms with Gasteiger partial charge in [0.05, 0.1) is 6.54 Å². The van der Waals surface area contributed by atoms with Crippen molar-refractivity contribution in [3.63, 3.8) is 0 Å². The first-order valence-electron chi connectivity index (χ1n) is 5.96. The molecule has 7 heteroatoms. The van der Waals surface area contributed by atoms with Crippen molar-refractivity contribution in [3.8, 4) is 0 Å². The Morgan fingerprint density at radius 1 is 1.00 bits per heavy atom. The Balaban J connectivity index is 3.32. The molecule has 0 aromatic rings. The summed E-state index contributed by atoms with van der Waals surface area (Å²) < 4.78 is 0. The molecule has 0 saturated heterocycles. The summed E-state index contributed by atoms with van der Waals surface area (Å²) in [5.74, 6) is -0.831. The molecule has 0 bridgehead atoms. The summed E-state index contributed by atoms with van der Waals surface area (Å²) in [4.78, 5) is 12.4. The lowest BCUT2D eigenvalue weighted by Gasteiger charge is -2.20. The van der Waals surface area contributed by atoms with E-state index in [0.717, 1.165) is 32.7 Å². The summed E-state index contributed by atoms with van der Waals surface area (Å²) in [5, 5.41) is 14.4. The summed E-state index contributed by atoms with van der Waals surface area (Å²) in [7, 11) is 0.